The summed E-state index contributed by atoms with van der Waals surface area (Å²) in [5, 5.41) is 28.1. The van der Waals surface area contributed by atoms with Crippen LogP contribution in [0.25, 0.3) is 11.1 Å². The first-order valence-corrected chi connectivity index (χ1v) is 9.56. The Hall–Kier alpha value is -4.23. The molecule has 20 heteroatoms. The molecule has 39 heavy (non-hydrogen) atoms. The normalized spacial score (nSPS) is 11.1. The van der Waals surface area contributed by atoms with Gasteiger partial charge in [0, 0.05) is 18.3 Å². The first kappa shape index (κ1) is 36.9. The molecule has 0 unspecified atom stereocenters. The van der Waals surface area contributed by atoms with Crippen LogP contribution in [0, 0.1) is 0 Å². The van der Waals surface area contributed by atoms with Crippen LogP contribution in [0.2, 0.25) is 0 Å². The van der Waals surface area contributed by atoms with Crippen molar-refractivity contribution in [3.8, 4) is 16.9 Å². The molecule has 0 aliphatic rings. The maximum absolute atomic E-state index is 10.6. The second kappa shape index (κ2) is 15.9. The number of benzene rings is 1. The molecule has 0 fully saturated rings. The molecule has 0 atom stereocenters. The largest absolute Gasteiger partial charge is 0.490 e. The molecule has 0 saturated heterocycles. The van der Waals surface area contributed by atoms with Crippen molar-refractivity contribution in [2.45, 2.75) is 18.5 Å². The highest BCUT2D eigenvalue weighted by Gasteiger charge is 2.39. The maximum Gasteiger partial charge on any atom is 0.490 e. The van der Waals surface area contributed by atoms with Gasteiger partial charge in [0.25, 0.3) is 0 Å². The third kappa shape index (κ3) is 17.8. The minimum atomic E-state index is -5.08. The number of hydrogen-bond acceptors (Lipinski definition) is 7. The lowest BCUT2D eigenvalue weighted by molar-refractivity contribution is -0.193. The minimum absolute atomic E-state index is 0.617. The molecule has 0 spiro atoms. The molecule has 0 bridgehead atoms. The number of anilines is 1. The quantitative estimate of drug-likeness (QED) is 0.256. The van der Waals surface area contributed by atoms with E-state index in [1.165, 1.54) is 0 Å². The van der Waals surface area contributed by atoms with Gasteiger partial charge in [0.2, 0.25) is 0 Å². The van der Waals surface area contributed by atoms with Crippen molar-refractivity contribution in [1.29, 1.82) is 0 Å². The Morgan fingerprint density at radius 3 is 1.59 bits per heavy atom. The van der Waals surface area contributed by atoms with Crippen molar-refractivity contribution in [1.82, 2.24) is 15.1 Å². The Kier molecular flexibility index (Phi) is 15.0. The minimum Gasteiger partial charge on any atom is -0.490 e. The fraction of sp³-hybridized carbons (Fsp3) is 0.368. The zero-order chi connectivity index (χ0) is 31.2. The van der Waals surface area contributed by atoms with Gasteiger partial charge in [-0.05, 0) is 31.8 Å². The van der Waals surface area contributed by atoms with Gasteiger partial charge in [-0.3, -0.25) is 5.10 Å². The number of rotatable bonds is 5. The lowest BCUT2D eigenvalue weighted by Gasteiger charge is -2.13. The molecule has 0 aliphatic heterocycles. The van der Waals surface area contributed by atoms with E-state index < -0.39 is 36.4 Å². The Balaban J connectivity index is 0. The predicted molar refractivity (Wildman–Crippen MR) is 114 cm³/mol. The summed E-state index contributed by atoms with van der Waals surface area (Å²) in [6, 6.07) is 5.75. The van der Waals surface area contributed by atoms with Crippen LogP contribution in [-0.2, 0) is 14.4 Å². The van der Waals surface area contributed by atoms with Crippen molar-refractivity contribution in [3.05, 3.63) is 30.6 Å². The maximum atomic E-state index is 10.6. The van der Waals surface area contributed by atoms with E-state index in [2.05, 4.69) is 15.1 Å². The highest BCUT2D eigenvalue weighted by molar-refractivity contribution is 5.73. The number of aromatic amines is 1. The van der Waals surface area contributed by atoms with Crippen molar-refractivity contribution in [2.24, 2.45) is 0 Å². The van der Waals surface area contributed by atoms with E-state index in [0.717, 1.165) is 23.4 Å². The van der Waals surface area contributed by atoms with Crippen LogP contribution in [0.1, 0.15) is 0 Å². The number of ether oxygens (including phenoxy) is 1. The van der Waals surface area contributed by atoms with Crippen LogP contribution in [0.3, 0.4) is 0 Å². The summed E-state index contributed by atoms with van der Waals surface area (Å²) in [6.07, 6.45) is -11.6. The lowest BCUT2D eigenvalue weighted by atomic mass is 10.1. The second-order valence-corrected chi connectivity index (χ2v) is 6.80. The van der Waals surface area contributed by atoms with Gasteiger partial charge in [-0.1, -0.05) is 6.07 Å². The zero-order valence-corrected chi connectivity index (χ0v) is 19.6. The molecule has 0 radical (unpaired) electrons. The Morgan fingerprint density at radius 2 is 1.28 bits per heavy atom. The number of carbonyl (C=O) groups is 3. The van der Waals surface area contributed by atoms with Crippen LogP contribution in [-0.4, -0.2) is 94.1 Å². The van der Waals surface area contributed by atoms with Gasteiger partial charge in [-0.2, -0.15) is 44.6 Å². The highest BCUT2D eigenvalue weighted by atomic mass is 19.4. The average molecular weight is 588 g/mol. The number of nitrogens with two attached hydrogens (primary N) is 1. The lowest BCUT2D eigenvalue weighted by Crippen LogP contribution is -2.21. The first-order chi connectivity index (χ1) is 17.5. The molecule has 0 aliphatic carbocycles. The standard InChI is InChI=1S/C13H18N4O.3C2HF3O2/c1-17(2)5-6-18-13-7-10(3-4-12(13)14)11-8-15-16-9-11;3*3-2(4,5)1(6)7/h3-4,7-9H,5-6,14H2,1-2H3,(H,15,16);3*(H,6,7). The van der Waals surface area contributed by atoms with E-state index in [1.54, 1.807) is 6.20 Å². The van der Waals surface area contributed by atoms with Crippen LogP contribution in [0.5, 0.6) is 5.75 Å². The number of nitrogens with one attached hydrogen (secondary N) is 1. The van der Waals surface area contributed by atoms with Crippen LogP contribution in [0.4, 0.5) is 45.2 Å². The van der Waals surface area contributed by atoms with Crippen molar-refractivity contribution in [2.75, 3.05) is 33.0 Å². The molecule has 222 valence electrons. The Bertz CT molecular complexity index is 982. The number of alkyl halides is 9. The monoisotopic (exact) mass is 588 g/mol. The molecular weight excluding hydrogens is 567 g/mol. The number of hydrogen-bond donors (Lipinski definition) is 5. The van der Waals surface area contributed by atoms with Gasteiger partial charge >= 0.3 is 36.4 Å². The second-order valence-electron chi connectivity index (χ2n) is 6.80. The Morgan fingerprint density at radius 1 is 0.872 bits per heavy atom. The number of halogens is 9. The number of nitrogen functional groups attached to an aromatic ring is 1. The molecule has 1 aromatic heterocycles. The summed E-state index contributed by atoms with van der Waals surface area (Å²) in [6.45, 7) is 1.47. The average Bonchev–Trinajstić information content (AvgIpc) is 3.29. The van der Waals surface area contributed by atoms with E-state index in [4.69, 9.17) is 40.2 Å². The third-order valence-corrected chi connectivity index (χ3v) is 3.37. The summed E-state index contributed by atoms with van der Waals surface area (Å²) in [7, 11) is 4.02. The van der Waals surface area contributed by atoms with E-state index in [-0.39, 0.29) is 0 Å². The summed E-state index contributed by atoms with van der Waals surface area (Å²) >= 11 is 0. The van der Waals surface area contributed by atoms with Gasteiger partial charge in [0.15, 0.2) is 0 Å². The topological polar surface area (TPSA) is 179 Å². The predicted octanol–water partition coefficient (Wildman–Crippen LogP) is 3.50. The van der Waals surface area contributed by atoms with E-state index >= 15 is 0 Å². The molecule has 1 heterocycles. The van der Waals surface area contributed by atoms with E-state index in [0.29, 0.717) is 12.3 Å². The van der Waals surface area contributed by atoms with Crippen LogP contribution >= 0.6 is 0 Å². The number of likely N-dealkylation sites (N-methyl/N-ethyl adjacent to an activating group) is 1. The van der Waals surface area contributed by atoms with Crippen molar-refractivity contribution >= 4 is 23.6 Å². The van der Waals surface area contributed by atoms with Crippen molar-refractivity contribution < 1.29 is 74.0 Å². The van der Waals surface area contributed by atoms with Gasteiger partial charge in [0.1, 0.15) is 12.4 Å². The fourth-order valence-corrected chi connectivity index (χ4v) is 1.59. The highest BCUT2D eigenvalue weighted by Crippen LogP contribution is 2.28. The van der Waals surface area contributed by atoms with Gasteiger partial charge in [-0.15, -0.1) is 0 Å². The van der Waals surface area contributed by atoms with Crippen molar-refractivity contribution in [3.63, 3.8) is 0 Å². The molecular formula is C19H21F9N4O7. The number of aliphatic carboxylic acids is 3. The number of aromatic nitrogens is 2. The molecule has 1 aromatic carbocycles. The van der Waals surface area contributed by atoms with E-state index in [9.17, 15) is 39.5 Å². The Labute approximate surface area is 212 Å². The number of H-pyrrole nitrogens is 1. The summed E-state index contributed by atoms with van der Waals surface area (Å²) in [5.41, 5.74) is 8.61. The molecule has 2 rings (SSSR count). The SMILES string of the molecule is CN(C)CCOc1cc(-c2cn[nH]c2)ccc1N.O=C(O)C(F)(F)F.O=C(O)C(F)(F)F.O=C(O)C(F)(F)F. The van der Waals surface area contributed by atoms with Crippen LogP contribution < -0.4 is 10.5 Å². The molecule has 11 nitrogen and oxygen atoms in total. The third-order valence-electron chi connectivity index (χ3n) is 3.37. The molecule has 0 saturated carbocycles. The first-order valence-electron chi connectivity index (χ1n) is 9.56. The summed E-state index contributed by atoms with van der Waals surface area (Å²) in [5.74, 6) is -7.55. The van der Waals surface area contributed by atoms with Crippen LogP contribution in [0.15, 0.2) is 30.6 Å². The number of carboxylic acids is 3. The van der Waals surface area contributed by atoms with Gasteiger partial charge in [-0.25, -0.2) is 14.4 Å². The number of nitrogens with zero attached hydrogens (tertiary/aromatic N) is 2. The molecule has 6 N–H and O–H groups in total. The molecule has 0 amide bonds. The molecule has 2 aromatic rings. The zero-order valence-electron chi connectivity index (χ0n) is 19.6. The number of carboxylic acid groups (broad SMARTS) is 3. The summed E-state index contributed by atoms with van der Waals surface area (Å²) < 4.78 is 101. The van der Waals surface area contributed by atoms with E-state index in [1.807, 2.05) is 38.5 Å². The van der Waals surface area contributed by atoms with Gasteiger partial charge in [0.05, 0.1) is 11.9 Å². The summed E-state index contributed by atoms with van der Waals surface area (Å²) in [4.78, 5) is 28.8. The smallest absolute Gasteiger partial charge is 0.490 e. The fourth-order valence-electron chi connectivity index (χ4n) is 1.59. The van der Waals surface area contributed by atoms with Gasteiger partial charge < -0.3 is 30.7 Å².